The van der Waals surface area contributed by atoms with Gasteiger partial charge in [-0.25, -0.2) is 4.79 Å². The number of methoxy groups -OCH3 is 1. The third kappa shape index (κ3) is 8.59. The highest BCUT2D eigenvalue weighted by atomic mass is 28.4. The summed E-state index contributed by atoms with van der Waals surface area (Å²) >= 11 is 0. The zero-order chi connectivity index (χ0) is 28.1. The van der Waals surface area contributed by atoms with Gasteiger partial charge in [0.25, 0.3) is 0 Å². The molecular weight excluding hydrogens is 508 g/mol. The highest BCUT2D eigenvalue weighted by Gasteiger charge is 2.51. The van der Waals surface area contributed by atoms with Gasteiger partial charge in [0.15, 0.2) is 14.4 Å². The lowest BCUT2D eigenvalue weighted by atomic mass is 9.92. The van der Waals surface area contributed by atoms with Crippen LogP contribution in [0.4, 0.5) is 0 Å². The van der Waals surface area contributed by atoms with Crippen molar-refractivity contribution in [2.75, 3.05) is 13.7 Å². The van der Waals surface area contributed by atoms with Crippen molar-refractivity contribution >= 4 is 14.3 Å². The van der Waals surface area contributed by atoms with Crippen LogP contribution in [-0.2, 0) is 30.0 Å². The van der Waals surface area contributed by atoms with Crippen molar-refractivity contribution in [3.63, 3.8) is 0 Å². The maximum atomic E-state index is 13.3. The van der Waals surface area contributed by atoms with Crippen molar-refractivity contribution in [2.45, 2.75) is 95.8 Å². The molecule has 0 unspecified atom stereocenters. The molecule has 1 saturated heterocycles. The molecule has 214 valence electrons. The molecule has 1 aliphatic heterocycles. The number of ether oxygens (including phenoxy) is 4. The zero-order valence-electron chi connectivity index (χ0n) is 24.2. The second kappa shape index (κ2) is 16.1. The van der Waals surface area contributed by atoms with Crippen LogP contribution in [0.25, 0.3) is 0 Å². The van der Waals surface area contributed by atoms with Gasteiger partial charge in [-0.15, -0.1) is 0 Å². The van der Waals surface area contributed by atoms with Gasteiger partial charge in [-0.1, -0.05) is 88.4 Å². The van der Waals surface area contributed by atoms with Crippen molar-refractivity contribution in [3.05, 3.63) is 83.9 Å². The SMILES string of the molecule is CC/C=C\C[C@H]1O[C@H](COCc2ccccc2)[C@@H](OC)[C@H](O[Si](CC)(CC)CC)[C@@H]1OC(=O)c1ccccc1. The van der Waals surface area contributed by atoms with Crippen molar-refractivity contribution in [3.8, 4) is 0 Å². The van der Waals surface area contributed by atoms with E-state index in [9.17, 15) is 4.79 Å². The molecular formula is C32H46O6Si. The molecule has 0 amide bonds. The largest absolute Gasteiger partial charge is 0.453 e. The number of allylic oxidation sites excluding steroid dienone is 1. The Morgan fingerprint density at radius 2 is 1.49 bits per heavy atom. The molecule has 0 N–H and O–H groups in total. The maximum absolute atomic E-state index is 13.3. The first-order valence-electron chi connectivity index (χ1n) is 14.4. The van der Waals surface area contributed by atoms with Crippen LogP contribution in [0.15, 0.2) is 72.8 Å². The summed E-state index contributed by atoms with van der Waals surface area (Å²) < 4.78 is 32.2. The minimum atomic E-state index is -2.10. The van der Waals surface area contributed by atoms with Crippen molar-refractivity contribution in [1.29, 1.82) is 0 Å². The average molecular weight is 555 g/mol. The summed E-state index contributed by atoms with van der Waals surface area (Å²) in [6.07, 6.45) is 3.45. The number of rotatable bonds is 15. The second-order valence-electron chi connectivity index (χ2n) is 10.1. The fourth-order valence-corrected chi connectivity index (χ4v) is 8.04. The van der Waals surface area contributed by atoms with E-state index in [0.717, 1.165) is 30.1 Å². The Bertz CT molecular complexity index is 986. The van der Waals surface area contributed by atoms with E-state index < -0.39 is 26.6 Å². The van der Waals surface area contributed by atoms with E-state index >= 15 is 0 Å². The number of hydrogen-bond donors (Lipinski definition) is 0. The fraction of sp³-hybridized carbons (Fsp3) is 0.531. The highest BCUT2D eigenvalue weighted by molar-refractivity contribution is 6.73. The minimum Gasteiger partial charge on any atom is -0.453 e. The number of hydrogen-bond acceptors (Lipinski definition) is 6. The fourth-order valence-electron chi connectivity index (χ4n) is 5.19. The number of esters is 1. The van der Waals surface area contributed by atoms with E-state index in [-0.39, 0.29) is 18.2 Å². The molecule has 39 heavy (non-hydrogen) atoms. The summed E-state index contributed by atoms with van der Waals surface area (Å²) in [4.78, 5) is 13.3. The lowest BCUT2D eigenvalue weighted by Gasteiger charge is -2.48. The topological polar surface area (TPSA) is 63.2 Å². The van der Waals surface area contributed by atoms with E-state index in [2.05, 4.69) is 39.8 Å². The van der Waals surface area contributed by atoms with Crippen molar-refractivity contribution in [1.82, 2.24) is 0 Å². The monoisotopic (exact) mass is 554 g/mol. The summed E-state index contributed by atoms with van der Waals surface area (Å²) in [5.41, 5.74) is 1.60. The molecule has 0 radical (unpaired) electrons. The van der Waals surface area contributed by atoms with Crippen LogP contribution in [0.5, 0.6) is 0 Å². The Morgan fingerprint density at radius 1 is 0.846 bits per heavy atom. The molecule has 1 aliphatic rings. The molecule has 2 aromatic carbocycles. The Hall–Kier alpha value is -2.29. The molecule has 3 rings (SSSR count). The van der Waals surface area contributed by atoms with Crippen LogP contribution >= 0.6 is 0 Å². The van der Waals surface area contributed by atoms with Crippen LogP contribution in [0.2, 0.25) is 18.1 Å². The summed E-state index contributed by atoms with van der Waals surface area (Å²) in [7, 11) is -0.426. The van der Waals surface area contributed by atoms with E-state index in [0.29, 0.717) is 25.2 Å². The molecule has 0 spiro atoms. The molecule has 0 aromatic heterocycles. The van der Waals surface area contributed by atoms with Gasteiger partial charge in [-0.3, -0.25) is 0 Å². The van der Waals surface area contributed by atoms with Gasteiger partial charge >= 0.3 is 5.97 Å². The quantitative estimate of drug-likeness (QED) is 0.135. The third-order valence-electron chi connectivity index (χ3n) is 7.74. The number of benzene rings is 2. The Labute approximate surface area is 235 Å². The maximum Gasteiger partial charge on any atom is 0.338 e. The number of carbonyl (C=O) groups is 1. The molecule has 2 aromatic rings. The van der Waals surface area contributed by atoms with E-state index in [1.54, 1.807) is 19.2 Å². The van der Waals surface area contributed by atoms with E-state index in [4.69, 9.17) is 23.4 Å². The van der Waals surface area contributed by atoms with Gasteiger partial charge in [0.05, 0.1) is 18.8 Å². The minimum absolute atomic E-state index is 0.347. The summed E-state index contributed by atoms with van der Waals surface area (Å²) in [5.74, 6) is -0.382. The summed E-state index contributed by atoms with van der Waals surface area (Å²) in [6, 6.07) is 22.1. The van der Waals surface area contributed by atoms with E-state index in [1.165, 1.54) is 0 Å². The normalized spacial score (nSPS) is 23.7. The number of carbonyl (C=O) groups excluding carboxylic acids is 1. The molecule has 0 aliphatic carbocycles. The van der Waals surface area contributed by atoms with Gasteiger partial charge in [0.1, 0.15) is 24.4 Å². The molecule has 6 nitrogen and oxygen atoms in total. The van der Waals surface area contributed by atoms with E-state index in [1.807, 2.05) is 48.5 Å². The van der Waals surface area contributed by atoms with Crippen LogP contribution in [0.1, 0.15) is 56.5 Å². The van der Waals surface area contributed by atoms with Crippen LogP contribution in [-0.4, -0.2) is 58.5 Å². The van der Waals surface area contributed by atoms with Crippen LogP contribution in [0.3, 0.4) is 0 Å². The van der Waals surface area contributed by atoms with Crippen molar-refractivity contribution in [2.24, 2.45) is 0 Å². The zero-order valence-corrected chi connectivity index (χ0v) is 25.2. The molecule has 7 heteroatoms. The van der Waals surface area contributed by atoms with Crippen molar-refractivity contribution < 1.29 is 28.2 Å². The predicted octanol–water partition coefficient (Wildman–Crippen LogP) is 6.96. The first-order chi connectivity index (χ1) is 19.0. The van der Waals surface area contributed by atoms with Gasteiger partial charge < -0.3 is 23.4 Å². The predicted molar refractivity (Wildman–Crippen MR) is 157 cm³/mol. The lowest BCUT2D eigenvalue weighted by molar-refractivity contribution is -0.234. The van der Waals surface area contributed by atoms with Crippen LogP contribution in [0, 0.1) is 0 Å². The molecule has 1 heterocycles. The Morgan fingerprint density at radius 3 is 2.08 bits per heavy atom. The van der Waals surface area contributed by atoms with Gasteiger partial charge in [-0.2, -0.15) is 0 Å². The van der Waals surface area contributed by atoms with Gasteiger partial charge in [0.2, 0.25) is 0 Å². The summed E-state index contributed by atoms with van der Waals surface area (Å²) in [6.45, 7) is 9.53. The highest BCUT2D eigenvalue weighted by Crippen LogP contribution is 2.35. The Kier molecular flexibility index (Phi) is 12.9. The Balaban J connectivity index is 1.93. The van der Waals surface area contributed by atoms with Gasteiger partial charge in [0, 0.05) is 7.11 Å². The molecule has 1 fully saturated rings. The van der Waals surface area contributed by atoms with Crippen LogP contribution < -0.4 is 0 Å². The third-order valence-corrected chi connectivity index (χ3v) is 12.4. The standard InChI is InChI=1S/C32H46O6Si/c1-6-10-13-22-27-30(37-32(33)26-20-16-12-17-21-26)31(38-39(7-2,8-3)9-4)29(34-5)28(36-27)24-35-23-25-18-14-11-15-19-25/h10-21,27-31H,6-9,22-24H2,1-5H3/b13-10-/t27-,28-,29-,30-,31+/m1/s1. The second-order valence-corrected chi connectivity index (χ2v) is 14.8. The average Bonchev–Trinajstić information content (AvgIpc) is 2.98. The first kappa shape index (κ1) is 31.2. The lowest BCUT2D eigenvalue weighted by Crippen LogP contribution is -2.63. The molecule has 0 saturated carbocycles. The van der Waals surface area contributed by atoms with Gasteiger partial charge in [-0.05, 0) is 48.7 Å². The smallest absolute Gasteiger partial charge is 0.338 e. The molecule has 5 atom stereocenters. The summed E-state index contributed by atoms with van der Waals surface area (Å²) in [5, 5.41) is 0. The molecule has 0 bridgehead atoms. The first-order valence-corrected chi connectivity index (χ1v) is 16.9.